The summed E-state index contributed by atoms with van der Waals surface area (Å²) in [5.41, 5.74) is 7.62. The highest BCUT2D eigenvalue weighted by molar-refractivity contribution is 5.65. The van der Waals surface area contributed by atoms with Crippen LogP contribution in [0.1, 0.15) is 5.56 Å². The number of nitrogen functional groups attached to an aromatic ring is 1. The second-order valence-electron chi connectivity index (χ2n) is 3.80. The molecule has 17 heavy (non-hydrogen) atoms. The summed E-state index contributed by atoms with van der Waals surface area (Å²) < 4.78 is 0. The molecule has 0 unspecified atom stereocenters. The first kappa shape index (κ1) is 11.1. The maximum Gasteiger partial charge on any atom is 0.220 e. The highest BCUT2D eigenvalue weighted by atomic mass is 16.3. The van der Waals surface area contributed by atoms with Crippen molar-refractivity contribution in [1.29, 1.82) is 0 Å². The van der Waals surface area contributed by atoms with Crippen molar-refractivity contribution in [1.82, 2.24) is 4.98 Å². The Labute approximate surface area is 98.4 Å². The third-order valence-corrected chi connectivity index (χ3v) is 2.52. The van der Waals surface area contributed by atoms with Gasteiger partial charge in [-0.2, -0.15) is 0 Å². The third-order valence-electron chi connectivity index (χ3n) is 2.52. The predicted octanol–water partition coefficient (Wildman–Crippen LogP) is 1.71. The molecule has 4 heteroatoms. The van der Waals surface area contributed by atoms with Crippen LogP contribution < -0.4 is 11.2 Å². The maximum atomic E-state index is 11.2. The minimum atomic E-state index is -0.406. The average Bonchev–Trinajstić information content (AvgIpc) is 2.46. The summed E-state index contributed by atoms with van der Waals surface area (Å²) in [6.45, 7) is 1.85. The summed E-state index contributed by atoms with van der Waals surface area (Å²) >= 11 is 0. The van der Waals surface area contributed by atoms with E-state index in [1.54, 1.807) is 18.3 Å². The van der Waals surface area contributed by atoms with Crippen LogP contribution in [0.15, 0.2) is 41.3 Å². The molecule has 0 amide bonds. The van der Waals surface area contributed by atoms with Crippen LogP contribution in [0.4, 0.5) is 5.82 Å². The van der Waals surface area contributed by atoms with Crippen LogP contribution >= 0.6 is 0 Å². The number of rotatable bonds is 1. The number of hydrogen-bond donors (Lipinski definition) is 2. The Morgan fingerprint density at radius 1 is 1.24 bits per heavy atom. The zero-order chi connectivity index (χ0) is 12.4. The molecule has 0 saturated carbocycles. The molecule has 0 atom stereocenters. The molecule has 0 radical (unpaired) electrons. The predicted molar refractivity (Wildman–Crippen MR) is 66.8 cm³/mol. The smallest absolute Gasteiger partial charge is 0.220 e. The number of anilines is 1. The van der Waals surface area contributed by atoms with Crippen LogP contribution in [0.2, 0.25) is 0 Å². The summed E-state index contributed by atoms with van der Waals surface area (Å²) in [6.07, 6.45) is 1.61. The van der Waals surface area contributed by atoms with E-state index < -0.39 is 5.43 Å². The normalized spacial score (nSPS) is 10.2. The van der Waals surface area contributed by atoms with Gasteiger partial charge in [-0.1, -0.05) is 12.1 Å². The Morgan fingerprint density at radius 2 is 2.00 bits per heavy atom. The minimum absolute atomic E-state index is 0.278. The topological polar surface area (TPSA) is 76.2 Å². The Bertz CT molecular complexity index is 624. The van der Waals surface area contributed by atoms with Crippen LogP contribution in [0.5, 0.6) is 5.75 Å². The molecular weight excluding hydrogens is 216 g/mol. The van der Waals surface area contributed by atoms with Crippen molar-refractivity contribution in [3.8, 4) is 16.9 Å². The van der Waals surface area contributed by atoms with Crippen LogP contribution in [0.3, 0.4) is 0 Å². The van der Waals surface area contributed by atoms with Gasteiger partial charge in [-0.15, -0.1) is 0 Å². The second kappa shape index (κ2) is 4.25. The summed E-state index contributed by atoms with van der Waals surface area (Å²) in [7, 11) is 0. The van der Waals surface area contributed by atoms with Crippen molar-refractivity contribution in [3.63, 3.8) is 0 Å². The van der Waals surface area contributed by atoms with E-state index in [1.165, 1.54) is 12.1 Å². The number of nitrogens with two attached hydrogens (primary N) is 1. The molecule has 2 rings (SSSR count). The fraction of sp³-hybridized carbons (Fsp3) is 0.0769. The number of aryl methyl sites for hydroxylation is 1. The van der Waals surface area contributed by atoms with Gasteiger partial charge >= 0.3 is 0 Å². The number of pyridine rings is 1. The van der Waals surface area contributed by atoms with Crippen molar-refractivity contribution in [3.05, 3.63) is 52.3 Å². The lowest BCUT2D eigenvalue weighted by molar-refractivity contribution is 0.471. The lowest BCUT2D eigenvalue weighted by Gasteiger charge is -2.02. The summed E-state index contributed by atoms with van der Waals surface area (Å²) in [5, 5.41) is 9.49. The van der Waals surface area contributed by atoms with Gasteiger partial charge < -0.3 is 10.8 Å². The first-order valence-electron chi connectivity index (χ1n) is 5.14. The molecule has 0 spiro atoms. The van der Waals surface area contributed by atoms with Crippen molar-refractivity contribution in [2.75, 3.05) is 5.73 Å². The molecule has 0 aliphatic carbocycles. The fourth-order valence-corrected chi connectivity index (χ4v) is 1.51. The van der Waals surface area contributed by atoms with E-state index in [-0.39, 0.29) is 5.75 Å². The molecule has 86 valence electrons. The number of aromatic hydroxyl groups is 1. The minimum Gasteiger partial charge on any atom is -0.504 e. The van der Waals surface area contributed by atoms with E-state index in [9.17, 15) is 9.90 Å². The number of hydrogen-bond acceptors (Lipinski definition) is 4. The summed E-state index contributed by atoms with van der Waals surface area (Å²) in [6, 6.07) is 7.95. The van der Waals surface area contributed by atoms with Crippen molar-refractivity contribution in [2.45, 2.75) is 6.92 Å². The zero-order valence-corrected chi connectivity index (χ0v) is 9.34. The zero-order valence-electron chi connectivity index (χ0n) is 9.34. The molecule has 3 N–H and O–H groups in total. The Kier molecular flexibility index (Phi) is 2.78. The molecule has 0 aliphatic heterocycles. The molecule has 1 aromatic heterocycles. The van der Waals surface area contributed by atoms with E-state index in [2.05, 4.69) is 4.98 Å². The van der Waals surface area contributed by atoms with Crippen LogP contribution in [-0.4, -0.2) is 10.1 Å². The van der Waals surface area contributed by atoms with Gasteiger partial charge in [-0.25, -0.2) is 4.98 Å². The lowest BCUT2D eigenvalue weighted by atomic mass is 10.1. The Morgan fingerprint density at radius 3 is 2.71 bits per heavy atom. The van der Waals surface area contributed by atoms with Gasteiger partial charge in [-0.3, -0.25) is 4.79 Å². The average molecular weight is 228 g/mol. The molecule has 0 saturated heterocycles. The summed E-state index contributed by atoms with van der Waals surface area (Å²) in [4.78, 5) is 15.3. The van der Waals surface area contributed by atoms with Crippen molar-refractivity contribution >= 4 is 5.82 Å². The van der Waals surface area contributed by atoms with Gasteiger partial charge in [0.2, 0.25) is 5.43 Å². The molecule has 0 fully saturated rings. The number of nitrogens with zero attached hydrogens (tertiary/aromatic N) is 1. The first-order chi connectivity index (χ1) is 8.08. The maximum absolute atomic E-state index is 11.2. The Hall–Kier alpha value is -2.36. The standard InChI is InChI=1S/C13H12N2O2/c1-8-5-10(7-15-13(8)14)9-3-2-4-11(16)12(17)6-9/h2-7H,1H3,(H2,14,15)(H,16,17). The largest absolute Gasteiger partial charge is 0.504 e. The van der Waals surface area contributed by atoms with Crippen LogP contribution in [-0.2, 0) is 0 Å². The summed E-state index contributed by atoms with van der Waals surface area (Å²) in [5.74, 6) is 0.197. The van der Waals surface area contributed by atoms with E-state index in [0.717, 1.165) is 16.7 Å². The quantitative estimate of drug-likeness (QED) is 0.779. The van der Waals surface area contributed by atoms with Crippen LogP contribution in [0.25, 0.3) is 11.1 Å². The molecule has 1 heterocycles. The lowest BCUT2D eigenvalue weighted by Crippen LogP contribution is -1.94. The second-order valence-corrected chi connectivity index (χ2v) is 3.80. The molecular formula is C13H12N2O2. The van der Waals surface area contributed by atoms with Gasteiger partial charge in [0, 0.05) is 11.8 Å². The van der Waals surface area contributed by atoms with Gasteiger partial charge in [0.25, 0.3) is 0 Å². The van der Waals surface area contributed by atoms with Gasteiger partial charge in [0.15, 0.2) is 5.75 Å². The van der Waals surface area contributed by atoms with Gasteiger partial charge in [0.05, 0.1) is 0 Å². The highest BCUT2D eigenvalue weighted by Crippen LogP contribution is 2.22. The SMILES string of the molecule is Cc1cc(-c2cccc(=O)c(O)c2)cnc1N. The molecule has 0 aliphatic rings. The first-order valence-corrected chi connectivity index (χ1v) is 5.14. The molecule has 2 aromatic rings. The van der Waals surface area contributed by atoms with E-state index in [1.807, 2.05) is 13.0 Å². The van der Waals surface area contributed by atoms with E-state index in [4.69, 9.17) is 5.73 Å². The molecule has 1 aromatic carbocycles. The van der Waals surface area contributed by atoms with E-state index >= 15 is 0 Å². The molecule has 0 bridgehead atoms. The highest BCUT2D eigenvalue weighted by Gasteiger charge is 2.02. The fourth-order valence-electron chi connectivity index (χ4n) is 1.51. The Balaban J connectivity index is 2.61. The number of aromatic nitrogens is 1. The van der Waals surface area contributed by atoms with Crippen molar-refractivity contribution < 1.29 is 5.11 Å². The molecule has 4 nitrogen and oxygen atoms in total. The monoisotopic (exact) mass is 228 g/mol. The van der Waals surface area contributed by atoms with Gasteiger partial charge in [0.1, 0.15) is 5.82 Å². The third kappa shape index (κ3) is 2.25. The van der Waals surface area contributed by atoms with Crippen molar-refractivity contribution in [2.24, 2.45) is 0 Å². The van der Waals surface area contributed by atoms with Gasteiger partial charge in [-0.05, 0) is 36.2 Å². The van der Waals surface area contributed by atoms with E-state index in [0.29, 0.717) is 5.82 Å². The van der Waals surface area contributed by atoms with Crippen LogP contribution in [0, 0.1) is 6.92 Å².